The maximum absolute atomic E-state index is 5.65. The maximum Gasteiger partial charge on any atom is 0.128 e. The lowest BCUT2D eigenvalue weighted by Crippen LogP contribution is -2.13. The molecule has 17 heavy (non-hydrogen) atoms. The first-order valence-corrected chi connectivity index (χ1v) is 5.89. The zero-order chi connectivity index (χ0) is 12.7. The van der Waals surface area contributed by atoms with Gasteiger partial charge in [0.1, 0.15) is 18.1 Å². The average molecular weight is 256 g/mol. The average Bonchev–Trinajstić information content (AvgIpc) is 2.38. The van der Waals surface area contributed by atoms with Crippen molar-refractivity contribution in [1.29, 1.82) is 0 Å². The first-order chi connectivity index (χ1) is 8.22. The van der Waals surface area contributed by atoms with E-state index in [1.165, 1.54) is 5.54 Å². The Hall–Kier alpha value is -1.19. The molecule has 0 aliphatic rings. The molecule has 1 N–H and O–H groups in total. The number of halogens is 1. The van der Waals surface area contributed by atoms with Crippen molar-refractivity contribution in [3.05, 3.63) is 35.4 Å². The summed E-state index contributed by atoms with van der Waals surface area (Å²) in [7, 11) is 3.55. The van der Waals surface area contributed by atoms with Gasteiger partial charge in [0.05, 0.1) is 7.11 Å². The smallest absolute Gasteiger partial charge is 0.128 e. The number of benzene rings is 1. The summed E-state index contributed by atoms with van der Waals surface area (Å²) >= 11 is 5.46. The Morgan fingerprint density at radius 3 is 2.82 bits per heavy atom. The lowest BCUT2D eigenvalue weighted by molar-refractivity contribution is 0.349. The van der Waals surface area contributed by atoms with E-state index in [1.807, 2.05) is 25.2 Å². The summed E-state index contributed by atoms with van der Waals surface area (Å²) in [5.41, 5.74) is 2.54. The Balaban J connectivity index is 2.94. The van der Waals surface area contributed by atoms with Crippen LogP contribution >= 0.6 is 11.6 Å². The van der Waals surface area contributed by atoms with Crippen molar-refractivity contribution >= 4 is 11.6 Å². The van der Waals surface area contributed by atoms with E-state index in [0.29, 0.717) is 6.61 Å². The van der Waals surface area contributed by atoms with Crippen LogP contribution in [0.3, 0.4) is 0 Å². The third-order valence-corrected chi connectivity index (χ3v) is 2.72. The molecule has 4 heteroatoms. The molecule has 1 unspecified atom stereocenters. The maximum atomic E-state index is 5.65. The van der Waals surface area contributed by atoms with Crippen LogP contribution in [0.4, 0.5) is 0 Å². The summed E-state index contributed by atoms with van der Waals surface area (Å²) in [6.45, 7) is 2.52. The van der Waals surface area contributed by atoms with Gasteiger partial charge in [0, 0.05) is 23.2 Å². The van der Waals surface area contributed by atoms with Gasteiger partial charge >= 0.3 is 0 Å². The van der Waals surface area contributed by atoms with Crippen molar-refractivity contribution in [2.45, 2.75) is 13.0 Å². The molecule has 0 aliphatic heterocycles. The normalized spacial score (nSPS) is 12.7. The third kappa shape index (κ3) is 3.95. The number of nitrogens with one attached hydrogen (secondary N) is 1. The molecule has 0 fully saturated rings. The second-order valence-electron chi connectivity index (χ2n) is 3.59. The van der Waals surface area contributed by atoms with Crippen LogP contribution in [-0.2, 0) is 0 Å². The SMILES string of the molecule is CNC(C)c1ccc(OC)cc1OC/C=C/Cl. The molecular formula is C13H18ClNO2. The molecule has 1 aromatic rings. The van der Waals surface area contributed by atoms with E-state index in [9.17, 15) is 0 Å². The fourth-order valence-electron chi connectivity index (χ4n) is 1.45. The van der Waals surface area contributed by atoms with E-state index in [-0.39, 0.29) is 6.04 Å². The molecule has 1 rings (SSSR count). The molecule has 0 aliphatic carbocycles. The third-order valence-electron chi connectivity index (χ3n) is 2.54. The quantitative estimate of drug-likeness (QED) is 0.847. The second kappa shape index (κ2) is 7.20. The van der Waals surface area contributed by atoms with Gasteiger partial charge in [-0.15, -0.1) is 0 Å². The molecule has 1 atom stereocenters. The van der Waals surface area contributed by atoms with Crippen LogP contribution in [0.1, 0.15) is 18.5 Å². The summed E-state index contributed by atoms with van der Waals surface area (Å²) in [6, 6.07) is 6.02. The standard InChI is InChI=1S/C13H18ClNO2/c1-10(15-2)12-6-5-11(16-3)9-13(12)17-8-4-7-14/h4-7,9-10,15H,8H2,1-3H3/b7-4+. The van der Waals surface area contributed by atoms with Crippen LogP contribution in [0.15, 0.2) is 29.8 Å². The molecule has 1 aromatic carbocycles. The van der Waals surface area contributed by atoms with Gasteiger partial charge in [0.25, 0.3) is 0 Å². The predicted molar refractivity (Wildman–Crippen MR) is 71.0 cm³/mol. The Morgan fingerprint density at radius 2 is 2.24 bits per heavy atom. The van der Waals surface area contributed by atoms with Crippen LogP contribution in [0, 0.1) is 0 Å². The summed E-state index contributed by atoms with van der Waals surface area (Å²) in [6.07, 6.45) is 1.74. The van der Waals surface area contributed by atoms with Crippen LogP contribution in [0.2, 0.25) is 0 Å². The van der Waals surface area contributed by atoms with E-state index in [1.54, 1.807) is 13.2 Å². The highest BCUT2D eigenvalue weighted by molar-refractivity contribution is 6.25. The minimum absolute atomic E-state index is 0.218. The summed E-state index contributed by atoms with van der Waals surface area (Å²) in [5, 5.41) is 3.18. The summed E-state index contributed by atoms with van der Waals surface area (Å²) < 4.78 is 10.8. The van der Waals surface area contributed by atoms with Gasteiger partial charge in [-0.3, -0.25) is 0 Å². The highest BCUT2D eigenvalue weighted by atomic mass is 35.5. The Kier molecular flexibility index (Phi) is 5.87. The number of hydrogen-bond acceptors (Lipinski definition) is 3. The van der Waals surface area contributed by atoms with Gasteiger partial charge in [-0.1, -0.05) is 17.7 Å². The molecule has 0 heterocycles. The van der Waals surface area contributed by atoms with Crippen LogP contribution in [0.5, 0.6) is 11.5 Å². The molecule has 0 saturated heterocycles. The van der Waals surface area contributed by atoms with Gasteiger partial charge in [-0.05, 0) is 26.1 Å². The molecule has 0 spiro atoms. The van der Waals surface area contributed by atoms with Crippen LogP contribution in [0.25, 0.3) is 0 Å². The number of ether oxygens (including phenoxy) is 2. The topological polar surface area (TPSA) is 30.5 Å². The van der Waals surface area contributed by atoms with Crippen molar-refractivity contribution in [3.63, 3.8) is 0 Å². The van der Waals surface area contributed by atoms with Crippen molar-refractivity contribution in [1.82, 2.24) is 5.32 Å². The van der Waals surface area contributed by atoms with E-state index in [4.69, 9.17) is 21.1 Å². The van der Waals surface area contributed by atoms with Crippen molar-refractivity contribution in [3.8, 4) is 11.5 Å². The number of rotatable bonds is 6. The van der Waals surface area contributed by atoms with Crippen LogP contribution in [-0.4, -0.2) is 20.8 Å². The first-order valence-electron chi connectivity index (χ1n) is 5.46. The lowest BCUT2D eigenvalue weighted by Gasteiger charge is -2.16. The fraction of sp³-hybridized carbons (Fsp3) is 0.385. The molecule has 0 aromatic heterocycles. The Labute approximate surface area is 107 Å². The fourth-order valence-corrected chi connectivity index (χ4v) is 1.53. The highest BCUT2D eigenvalue weighted by Crippen LogP contribution is 2.29. The second-order valence-corrected chi connectivity index (χ2v) is 3.84. The van der Waals surface area contributed by atoms with E-state index < -0.39 is 0 Å². The molecule has 0 amide bonds. The van der Waals surface area contributed by atoms with Gasteiger partial charge in [-0.25, -0.2) is 0 Å². The zero-order valence-corrected chi connectivity index (χ0v) is 11.1. The van der Waals surface area contributed by atoms with Gasteiger partial charge < -0.3 is 14.8 Å². The largest absolute Gasteiger partial charge is 0.497 e. The zero-order valence-electron chi connectivity index (χ0n) is 10.4. The minimum atomic E-state index is 0.218. The number of hydrogen-bond donors (Lipinski definition) is 1. The molecule has 94 valence electrons. The summed E-state index contributed by atoms with van der Waals surface area (Å²) in [4.78, 5) is 0. The highest BCUT2D eigenvalue weighted by Gasteiger charge is 2.10. The first kappa shape index (κ1) is 13.9. The number of methoxy groups -OCH3 is 1. The monoisotopic (exact) mass is 255 g/mol. The van der Waals surface area contributed by atoms with Gasteiger partial charge in [0.15, 0.2) is 0 Å². The van der Waals surface area contributed by atoms with E-state index >= 15 is 0 Å². The van der Waals surface area contributed by atoms with Gasteiger partial charge in [0.2, 0.25) is 0 Å². The van der Waals surface area contributed by atoms with E-state index in [0.717, 1.165) is 17.1 Å². The van der Waals surface area contributed by atoms with Gasteiger partial charge in [-0.2, -0.15) is 0 Å². The van der Waals surface area contributed by atoms with Crippen LogP contribution < -0.4 is 14.8 Å². The molecule has 0 saturated carbocycles. The van der Waals surface area contributed by atoms with Crippen molar-refractivity contribution in [2.24, 2.45) is 0 Å². The lowest BCUT2D eigenvalue weighted by atomic mass is 10.1. The molecule has 0 radical (unpaired) electrons. The Bertz CT molecular complexity index is 380. The molecule has 3 nitrogen and oxygen atoms in total. The molecular weight excluding hydrogens is 238 g/mol. The molecule has 0 bridgehead atoms. The predicted octanol–water partition coefficient (Wildman–Crippen LogP) is 3.11. The Morgan fingerprint density at radius 1 is 1.47 bits per heavy atom. The summed E-state index contributed by atoms with van der Waals surface area (Å²) in [5.74, 6) is 1.59. The van der Waals surface area contributed by atoms with Crippen molar-refractivity contribution in [2.75, 3.05) is 20.8 Å². The van der Waals surface area contributed by atoms with Crippen molar-refractivity contribution < 1.29 is 9.47 Å². The van der Waals surface area contributed by atoms with E-state index in [2.05, 4.69) is 12.2 Å². The minimum Gasteiger partial charge on any atom is -0.497 e.